The molecule has 0 spiro atoms. The van der Waals surface area contributed by atoms with E-state index >= 15 is 0 Å². The molecule has 1 saturated carbocycles. The van der Waals surface area contributed by atoms with Crippen LogP contribution in [0.2, 0.25) is 0 Å². The largest absolute Gasteiger partial charge is 0.368 e. The third-order valence-electron chi connectivity index (χ3n) is 4.00. The van der Waals surface area contributed by atoms with Crippen molar-refractivity contribution in [3.05, 3.63) is 12.7 Å². The fraction of sp³-hybridized carbons (Fsp3) is 0.643. The molecule has 29 heavy (non-hydrogen) atoms. The molecule has 0 atom stereocenters. The molecule has 13 nitrogen and oxygen atoms in total. The minimum absolute atomic E-state index is 0.0930. The van der Waals surface area contributed by atoms with Crippen LogP contribution in [0.25, 0.3) is 11.2 Å². The van der Waals surface area contributed by atoms with Crippen LogP contribution >= 0.6 is 15.2 Å². The van der Waals surface area contributed by atoms with Crippen molar-refractivity contribution in [2.24, 2.45) is 5.92 Å². The normalized spacial score (nSPS) is 15.3. The van der Waals surface area contributed by atoms with Gasteiger partial charge < -0.3 is 38.9 Å². The Kier molecular flexibility index (Phi) is 7.02. The first-order valence-electron chi connectivity index (χ1n) is 8.78. The molecular formula is C14H23N5O8P2. The first kappa shape index (κ1) is 22.3. The Labute approximate surface area is 165 Å². The molecule has 0 bridgehead atoms. The molecule has 1 fully saturated rings. The Morgan fingerprint density at radius 2 is 1.69 bits per heavy atom. The molecule has 0 amide bonds. The maximum Gasteiger partial charge on any atom is 0.350 e. The van der Waals surface area contributed by atoms with Gasteiger partial charge in [0.2, 0.25) is 0 Å². The van der Waals surface area contributed by atoms with Crippen molar-refractivity contribution in [2.45, 2.75) is 25.4 Å². The lowest BCUT2D eigenvalue weighted by atomic mass is 10.2. The highest BCUT2D eigenvalue weighted by Crippen LogP contribution is 2.35. The zero-order valence-electron chi connectivity index (χ0n) is 15.4. The van der Waals surface area contributed by atoms with E-state index in [0.717, 1.165) is 12.8 Å². The van der Waals surface area contributed by atoms with Gasteiger partial charge >= 0.3 is 15.2 Å². The van der Waals surface area contributed by atoms with E-state index in [2.05, 4.69) is 20.3 Å². The smallest absolute Gasteiger partial charge is 0.350 e. The molecule has 15 heteroatoms. The van der Waals surface area contributed by atoms with Gasteiger partial charge in [-0.25, -0.2) is 15.0 Å². The van der Waals surface area contributed by atoms with Gasteiger partial charge in [0.05, 0.1) is 19.5 Å². The number of hydrogen-bond donors (Lipinski definition) is 5. The van der Waals surface area contributed by atoms with Crippen molar-refractivity contribution < 1.29 is 38.2 Å². The fourth-order valence-corrected chi connectivity index (χ4v) is 3.34. The van der Waals surface area contributed by atoms with Crippen LogP contribution in [-0.4, -0.2) is 71.0 Å². The van der Waals surface area contributed by atoms with Crippen molar-refractivity contribution in [1.82, 2.24) is 19.5 Å². The van der Waals surface area contributed by atoms with Crippen LogP contribution in [0.4, 0.5) is 5.82 Å². The van der Waals surface area contributed by atoms with E-state index < -0.39 is 33.8 Å². The molecule has 0 unspecified atom stereocenters. The molecule has 0 aliphatic heterocycles. The van der Waals surface area contributed by atoms with Gasteiger partial charge in [-0.05, 0) is 12.8 Å². The highest BCUT2D eigenvalue weighted by Gasteiger charge is 2.24. The molecule has 3 rings (SSSR count). The number of fused-ring (bicyclic) bond motifs is 1. The summed E-state index contributed by atoms with van der Waals surface area (Å²) in [5.74, 6) is 0.170. The zero-order chi connectivity index (χ0) is 21.1. The Hall–Kier alpha value is -1.43. The molecular weight excluding hydrogens is 428 g/mol. The molecule has 0 saturated heterocycles. The van der Waals surface area contributed by atoms with Crippen LogP contribution in [0.15, 0.2) is 12.7 Å². The van der Waals surface area contributed by atoms with E-state index in [1.165, 1.54) is 6.33 Å². The number of rotatable bonds is 12. The third kappa shape index (κ3) is 7.40. The molecule has 162 valence electrons. The monoisotopic (exact) mass is 451 g/mol. The molecule has 0 radical (unpaired) electrons. The molecule has 5 N–H and O–H groups in total. The number of anilines is 1. The first-order valence-corrected chi connectivity index (χ1v) is 12.4. The number of nitrogens with zero attached hydrogens (tertiary/aromatic N) is 4. The summed E-state index contributed by atoms with van der Waals surface area (Å²) in [7, 11) is -8.67. The third-order valence-corrected chi connectivity index (χ3v) is 5.04. The maximum atomic E-state index is 11.0. The van der Waals surface area contributed by atoms with Crippen LogP contribution in [0.5, 0.6) is 0 Å². The van der Waals surface area contributed by atoms with E-state index in [0.29, 0.717) is 23.0 Å². The lowest BCUT2D eigenvalue weighted by Crippen LogP contribution is -2.22. The quantitative estimate of drug-likeness (QED) is 0.278. The summed E-state index contributed by atoms with van der Waals surface area (Å²) in [6.07, 6.45) is 3.59. The van der Waals surface area contributed by atoms with Crippen molar-refractivity contribution in [1.29, 1.82) is 0 Å². The van der Waals surface area contributed by atoms with Crippen molar-refractivity contribution in [2.75, 3.05) is 31.2 Å². The topological polar surface area (TPSA) is 189 Å². The second-order valence-corrected chi connectivity index (χ2v) is 10.1. The van der Waals surface area contributed by atoms with Gasteiger partial charge in [-0.1, -0.05) is 0 Å². The summed E-state index contributed by atoms with van der Waals surface area (Å²) in [6, 6.07) is 0.383. The van der Waals surface area contributed by atoms with Crippen LogP contribution in [0.3, 0.4) is 0 Å². The van der Waals surface area contributed by atoms with Gasteiger partial charge in [0.15, 0.2) is 11.5 Å². The highest BCUT2D eigenvalue weighted by molar-refractivity contribution is 7.51. The molecule has 1 aliphatic rings. The van der Waals surface area contributed by atoms with Crippen molar-refractivity contribution in [3.63, 3.8) is 0 Å². The number of imidazole rings is 1. The fourth-order valence-electron chi connectivity index (χ4n) is 2.65. The van der Waals surface area contributed by atoms with Crippen molar-refractivity contribution in [3.8, 4) is 0 Å². The van der Waals surface area contributed by atoms with E-state index in [1.54, 1.807) is 10.9 Å². The van der Waals surface area contributed by atoms with Crippen LogP contribution in [0, 0.1) is 5.92 Å². The van der Waals surface area contributed by atoms with Crippen LogP contribution in [0.1, 0.15) is 12.8 Å². The van der Waals surface area contributed by atoms with E-state index in [-0.39, 0.29) is 19.8 Å². The lowest BCUT2D eigenvalue weighted by Gasteiger charge is -2.18. The van der Waals surface area contributed by atoms with Gasteiger partial charge in [0.25, 0.3) is 0 Å². The second-order valence-electron chi connectivity index (χ2n) is 6.91. The average molecular weight is 451 g/mol. The predicted octanol–water partition coefficient (Wildman–Crippen LogP) is 0.320. The van der Waals surface area contributed by atoms with E-state index in [9.17, 15) is 9.13 Å². The summed E-state index contributed by atoms with van der Waals surface area (Å²) in [6.45, 7) is 0.0626. The standard InChI is InChI=1S/C14H23N5O8P2/c20-28(21,22)8-26-4-10(5-27-9-29(23,24)25)3-19-7-17-12-13(18-11-1-2-11)15-6-16-14(12)19/h6-7,10-11H,1-5,8-9H2,(H,15,16,18)(H2,20,21,22)(H2,23,24,25). The van der Waals surface area contributed by atoms with Crippen LogP contribution in [-0.2, 0) is 25.1 Å². The molecule has 0 aromatic carbocycles. The van der Waals surface area contributed by atoms with Gasteiger partial charge in [0.1, 0.15) is 24.5 Å². The number of hydrogen-bond acceptors (Lipinski definition) is 8. The van der Waals surface area contributed by atoms with Gasteiger partial charge in [0, 0.05) is 18.5 Å². The van der Waals surface area contributed by atoms with Gasteiger partial charge in [-0.15, -0.1) is 0 Å². The van der Waals surface area contributed by atoms with E-state index in [4.69, 9.17) is 29.0 Å². The van der Waals surface area contributed by atoms with Gasteiger partial charge in [-0.2, -0.15) is 0 Å². The van der Waals surface area contributed by atoms with Crippen LogP contribution < -0.4 is 5.32 Å². The Morgan fingerprint density at radius 3 is 2.24 bits per heavy atom. The predicted molar refractivity (Wildman–Crippen MR) is 101 cm³/mol. The minimum atomic E-state index is -4.33. The Balaban J connectivity index is 1.69. The molecule has 2 aromatic heterocycles. The van der Waals surface area contributed by atoms with Crippen molar-refractivity contribution >= 4 is 32.2 Å². The zero-order valence-corrected chi connectivity index (χ0v) is 17.2. The maximum absolute atomic E-state index is 11.0. The minimum Gasteiger partial charge on any atom is -0.368 e. The lowest BCUT2D eigenvalue weighted by molar-refractivity contribution is 0.0530. The molecule has 2 heterocycles. The average Bonchev–Trinajstić information content (AvgIpc) is 3.32. The molecule has 2 aromatic rings. The summed E-state index contributed by atoms with van der Waals surface area (Å²) < 4.78 is 33.8. The number of nitrogens with one attached hydrogen (secondary N) is 1. The summed E-state index contributed by atoms with van der Waals surface area (Å²) >= 11 is 0. The Bertz CT molecular complexity index is 896. The Morgan fingerprint density at radius 1 is 1.07 bits per heavy atom. The van der Waals surface area contributed by atoms with E-state index in [1.807, 2.05) is 0 Å². The second kappa shape index (κ2) is 9.15. The van der Waals surface area contributed by atoms with Gasteiger partial charge in [-0.3, -0.25) is 9.13 Å². The summed E-state index contributed by atoms with van der Waals surface area (Å²) in [5, 5.41) is 3.28. The summed E-state index contributed by atoms with van der Waals surface area (Å²) in [5.41, 5.74) is 1.14. The number of ether oxygens (including phenoxy) is 2. The highest BCUT2D eigenvalue weighted by atomic mass is 31.2. The SMILES string of the molecule is O=P(O)(O)COCC(COCP(=O)(O)O)Cn1cnc2c(NC3CC3)ncnc21. The molecule has 1 aliphatic carbocycles. The summed E-state index contributed by atoms with van der Waals surface area (Å²) in [4.78, 5) is 48.5. The number of aromatic nitrogens is 4. The first-order chi connectivity index (χ1) is 13.6.